The minimum absolute atomic E-state index is 0.158. The van der Waals surface area contributed by atoms with Gasteiger partial charge in [-0.05, 0) is 18.1 Å². The van der Waals surface area contributed by atoms with Gasteiger partial charge < -0.3 is 9.84 Å². The second-order valence-corrected chi connectivity index (χ2v) is 4.04. The molecule has 0 saturated carbocycles. The minimum atomic E-state index is 0.158. The first-order valence-corrected chi connectivity index (χ1v) is 5.43. The Bertz CT molecular complexity index is 276. The summed E-state index contributed by atoms with van der Waals surface area (Å²) >= 11 is 3.48. The van der Waals surface area contributed by atoms with Crippen molar-refractivity contribution in [1.29, 1.82) is 0 Å². The Balaban J connectivity index is 2.73. The Morgan fingerprint density at radius 1 is 1.43 bits per heavy atom. The number of halogens is 1. The molecule has 0 spiro atoms. The number of benzene rings is 1. The van der Waals surface area contributed by atoms with Gasteiger partial charge in [-0.15, -0.1) is 0 Å². The number of hydrogen-bond acceptors (Lipinski definition) is 2. The molecule has 1 N–H and O–H groups in total. The molecule has 1 rings (SSSR count). The molecule has 0 fully saturated rings. The minimum Gasteiger partial charge on any atom is -0.396 e. The highest BCUT2D eigenvalue weighted by Gasteiger charge is 2.12. The second-order valence-electron chi connectivity index (χ2n) is 3.18. The van der Waals surface area contributed by atoms with E-state index < -0.39 is 0 Å². The first-order chi connectivity index (χ1) is 6.79. The van der Waals surface area contributed by atoms with Crippen LogP contribution in [0.25, 0.3) is 0 Å². The lowest BCUT2D eigenvalue weighted by molar-refractivity contribution is 0.169. The average molecular weight is 259 g/mol. The van der Waals surface area contributed by atoms with Gasteiger partial charge in [0.25, 0.3) is 0 Å². The molecule has 0 aliphatic heterocycles. The van der Waals surface area contributed by atoms with Crippen molar-refractivity contribution in [1.82, 2.24) is 0 Å². The van der Waals surface area contributed by atoms with Crippen molar-refractivity contribution in [3.05, 3.63) is 34.3 Å². The first kappa shape index (κ1) is 11.7. The Morgan fingerprint density at radius 3 is 2.71 bits per heavy atom. The molecule has 0 heterocycles. The zero-order valence-corrected chi connectivity index (χ0v) is 9.83. The van der Waals surface area contributed by atoms with Crippen LogP contribution in [0.1, 0.15) is 17.9 Å². The molecule has 0 amide bonds. The molecule has 0 aliphatic carbocycles. The van der Waals surface area contributed by atoms with Crippen LogP contribution in [0.3, 0.4) is 0 Å². The fourth-order valence-electron chi connectivity index (χ4n) is 1.41. The van der Waals surface area contributed by atoms with E-state index in [0.717, 1.165) is 16.5 Å². The van der Waals surface area contributed by atoms with E-state index in [1.807, 2.05) is 24.3 Å². The van der Waals surface area contributed by atoms with Crippen molar-refractivity contribution < 1.29 is 9.84 Å². The monoisotopic (exact) mass is 258 g/mol. The molecule has 0 radical (unpaired) electrons. The molecule has 78 valence electrons. The second kappa shape index (κ2) is 6.17. The lowest BCUT2D eigenvalue weighted by Gasteiger charge is -2.15. The summed E-state index contributed by atoms with van der Waals surface area (Å²) in [6.45, 7) is 0.832. The highest BCUT2D eigenvalue weighted by atomic mass is 79.9. The summed E-state index contributed by atoms with van der Waals surface area (Å²) in [4.78, 5) is 0. The average Bonchev–Trinajstić information content (AvgIpc) is 2.21. The van der Waals surface area contributed by atoms with Gasteiger partial charge in [0, 0.05) is 24.1 Å². The maximum Gasteiger partial charge on any atom is 0.0501 e. The molecule has 1 aromatic carbocycles. The summed E-state index contributed by atoms with van der Waals surface area (Å²) < 4.78 is 6.06. The molecular weight excluding hydrogens is 244 g/mol. The van der Waals surface area contributed by atoms with Crippen molar-refractivity contribution in [3.63, 3.8) is 0 Å². The van der Waals surface area contributed by atoms with Crippen LogP contribution >= 0.6 is 15.9 Å². The molecule has 0 aromatic heterocycles. The van der Waals surface area contributed by atoms with Gasteiger partial charge in [0.15, 0.2) is 0 Å². The number of rotatable bonds is 5. The van der Waals surface area contributed by atoms with Gasteiger partial charge in [0.05, 0.1) is 6.61 Å². The van der Waals surface area contributed by atoms with Crippen LogP contribution in [-0.4, -0.2) is 25.4 Å². The third kappa shape index (κ3) is 3.08. The summed E-state index contributed by atoms with van der Waals surface area (Å²) in [5.74, 6) is 0.158. The summed E-state index contributed by atoms with van der Waals surface area (Å²) in [7, 11) is 1.68. The molecule has 1 aromatic rings. The van der Waals surface area contributed by atoms with Gasteiger partial charge in [-0.25, -0.2) is 0 Å². The van der Waals surface area contributed by atoms with Crippen LogP contribution < -0.4 is 0 Å². The lowest BCUT2D eigenvalue weighted by Crippen LogP contribution is -2.07. The van der Waals surface area contributed by atoms with E-state index in [9.17, 15) is 5.11 Å². The Labute approximate surface area is 93.0 Å². The van der Waals surface area contributed by atoms with Gasteiger partial charge in [0.1, 0.15) is 0 Å². The van der Waals surface area contributed by atoms with E-state index in [4.69, 9.17) is 4.74 Å². The standard InChI is InChI=1S/C11H15BrO2/c1-14-7-6-9(8-13)10-4-2-3-5-11(10)12/h2-5,9,13H,6-8H2,1H3. The summed E-state index contributed by atoms with van der Waals surface area (Å²) in [5.41, 5.74) is 1.15. The summed E-state index contributed by atoms with van der Waals surface area (Å²) in [6, 6.07) is 7.97. The Kier molecular flexibility index (Phi) is 5.15. The molecule has 1 atom stereocenters. The zero-order valence-electron chi connectivity index (χ0n) is 8.24. The number of methoxy groups -OCH3 is 1. The number of aliphatic hydroxyl groups excluding tert-OH is 1. The van der Waals surface area contributed by atoms with Crippen molar-refractivity contribution in [2.24, 2.45) is 0 Å². The smallest absolute Gasteiger partial charge is 0.0501 e. The van der Waals surface area contributed by atoms with Gasteiger partial charge in [-0.1, -0.05) is 34.1 Å². The lowest BCUT2D eigenvalue weighted by atomic mass is 9.97. The van der Waals surface area contributed by atoms with E-state index in [1.54, 1.807) is 7.11 Å². The van der Waals surface area contributed by atoms with Crippen LogP contribution in [-0.2, 0) is 4.74 Å². The number of ether oxygens (including phenoxy) is 1. The molecule has 3 heteroatoms. The molecule has 1 unspecified atom stereocenters. The van der Waals surface area contributed by atoms with E-state index >= 15 is 0 Å². The van der Waals surface area contributed by atoms with Gasteiger partial charge >= 0.3 is 0 Å². The maximum absolute atomic E-state index is 9.25. The van der Waals surface area contributed by atoms with Crippen molar-refractivity contribution >= 4 is 15.9 Å². The number of hydrogen-bond donors (Lipinski definition) is 1. The van der Waals surface area contributed by atoms with Crippen LogP contribution in [0.5, 0.6) is 0 Å². The predicted molar refractivity (Wildman–Crippen MR) is 60.5 cm³/mol. The van der Waals surface area contributed by atoms with Crippen molar-refractivity contribution in [2.75, 3.05) is 20.3 Å². The zero-order chi connectivity index (χ0) is 10.4. The SMILES string of the molecule is COCCC(CO)c1ccccc1Br. The van der Waals surface area contributed by atoms with Gasteiger partial charge in [-0.3, -0.25) is 0 Å². The Morgan fingerprint density at radius 2 is 2.14 bits per heavy atom. The fraction of sp³-hybridized carbons (Fsp3) is 0.455. The maximum atomic E-state index is 9.25. The Hall–Kier alpha value is -0.380. The summed E-state index contributed by atoms with van der Waals surface area (Å²) in [6.07, 6.45) is 0.843. The van der Waals surface area contributed by atoms with E-state index in [0.29, 0.717) is 6.61 Å². The molecule has 2 nitrogen and oxygen atoms in total. The van der Waals surface area contributed by atoms with Crippen LogP contribution in [0.2, 0.25) is 0 Å². The fourth-order valence-corrected chi connectivity index (χ4v) is 2.02. The van der Waals surface area contributed by atoms with E-state index in [-0.39, 0.29) is 12.5 Å². The van der Waals surface area contributed by atoms with Crippen molar-refractivity contribution in [3.8, 4) is 0 Å². The molecule has 0 bridgehead atoms. The number of aliphatic hydroxyl groups is 1. The molecule has 0 saturated heterocycles. The molecular formula is C11H15BrO2. The molecule has 0 aliphatic rings. The normalized spacial score (nSPS) is 12.8. The third-order valence-corrected chi connectivity index (χ3v) is 2.96. The topological polar surface area (TPSA) is 29.5 Å². The third-order valence-electron chi connectivity index (χ3n) is 2.24. The highest BCUT2D eigenvalue weighted by Crippen LogP contribution is 2.26. The summed E-state index contributed by atoms with van der Waals surface area (Å²) in [5, 5.41) is 9.25. The van der Waals surface area contributed by atoms with Crippen LogP contribution in [0.4, 0.5) is 0 Å². The molecule has 14 heavy (non-hydrogen) atoms. The largest absolute Gasteiger partial charge is 0.396 e. The van der Waals surface area contributed by atoms with E-state index in [1.165, 1.54) is 0 Å². The van der Waals surface area contributed by atoms with E-state index in [2.05, 4.69) is 15.9 Å². The van der Waals surface area contributed by atoms with Gasteiger partial charge in [0.2, 0.25) is 0 Å². The quantitative estimate of drug-likeness (QED) is 0.880. The van der Waals surface area contributed by atoms with Crippen LogP contribution in [0, 0.1) is 0 Å². The first-order valence-electron chi connectivity index (χ1n) is 4.63. The van der Waals surface area contributed by atoms with Crippen molar-refractivity contribution in [2.45, 2.75) is 12.3 Å². The highest BCUT2D eigenvalue weighted by molar-refractivity contribution is 9.10. The predicted octanol–water partition coefficient (Wildman–Crippen LogP) is 2.56. The van der Waals surface area contributed by atoms with Crippen LogP contribution in [0.15, 0.2) is 28.7 Å². The van der Waals surface area contributed by atoms with Gasteiger partial charge in [-0.2, -0.15) is 0 Å².